The molecule has 0 amide bonds. The normalized spacial score (nSPS) is 7.38. The van der Waals surface area contributed by atoms with Crippen molar-refractivity contribution in [2.24, 2.45) is 0 Å². The van der Waals surface area contributed by atoms with Gasteiger partial charge in [0.25, 0.3) is 0 Å². The minimum Gasteiger partial charge on any atom is 2.00 e. The second-order valence-corrected chi connectivity index (χ2v) is 2.34. The molecule has 6 heteroatoms. The minimum atomic E-state index is 0. The molecule has 1 rings (SSSR count). The number of nitrogens with zero attached hydrogens (tertiary/aromatic N) is 1. The summed E-state index contributed by atoms with van der Waals surface area (Å²) in [5.41, 5.74) is 1.09. The number of rotatable bonds is 1. The molecule has 0 unspecified atom stereocenters. The molecule has 1 heterocycles. The first-order valence-electron chi connectivity index (χ1n) is 3.21. The van der Waals surface area contributed by atoms with Gasteiger partial charge < -0.3 is 29.4 Å². The van der Waals surface area contributed by atoms with Crippen molar-refractivity contribution in [3.63, 3.8) is 0 Å². The van der Waals surface area contributed by atoms with Gasteiger partial charge in [-0.05, 0) is 0 Å². The average Bonchev–Trinajstić information content (AvgIpc) is 1.88. The van der Waals surface area contributed by atoms with Gasteiger partial charge >= 0.3 is 92.5 Å². The van der Waals surface area contributed by atoms with Crippen LogP contribution in [0.25, 0.3) is 0 Å². The third kappa shape index (κ3) is 6.21. The molecule has 0 fully saturated rings. The molecule has 0 saturated heterocycles. The molecule has 0 aliphatic rings. The second-order valence-electron chi connectivity index (χ2n) is 2.34. The van der Waals surface area contributed by atoms with E-state index in [0.29, 0.717) is 5.88 Å². The van der Waals surface area contributed by atoms with E-state index in [1.807, 2.05) is 30.7 Å². The first-order chi connectivity index (χ1) is 4.74. The minimum absolute atomic E-state index is 0. The molecule has 2 nitrogen and oxygen atoms in total. The van der Waals surface area contributed by atoms with E-state index in [4.69, 9.17) is 4.74 Å². The standard InChI is InChI=1S/C7H8NO.BrH.ClH.Li.Mg/c1-6-4-3-5-8-7(6)9-2;;;;/h4-5H,1-2H3;2*1H;;/q;;;;+2/p-2. The molecule has 64 valence electrons. The summed E-state index contributed by atoms with van der Waals surface area (Å²) in [5, 5.41) is 0. The van der Waals surface area contributed by atoms with Crippen molar-refractivity contribution in [1.29, 1.82) is 0 Å². The van der Waals surface area contributed by atoms with Gasteiger partial charge in [-0.3, -0.25) is 0 Å². The Labute approximate surface area is 121 Å². The molecule has 1 aromatic rings. The Morgan fingerprint density at radius 1 is 1.46 bits per heavy atom. The van der Waals surface area contributed by atoms with Crippen LogP contribution in [0.1, 0.15) is 5.56 Å². The fourth-order valence-electron chi connectivity index (χ4n) is 0.916. The van der Waals surface area contributed by atoms with Crippen molar-refractivity contribution in [2.75, 3.05) is 7.11 Å². The summed E-state index contributed by atoms with van der Waals surface area (Å²) in [6.07, 6.45) is 1.80. The van der Waals surface area contributed by atoms with E-state index in [1.54, 1.807) is 13.3 Å². The van der Waals surface area contributed by atoms with Crippen LogP contribution in [0, 0.1) is 6.92 Å². The molecule has 1 aromatic heterocycles. The molecule has 13 heavy (non-hydrogen) atoms. The summed E-state index contributed by atoms with van der Waals surface area (Å²) in [5.74, 6) is 0.714. The van der Waals surface area contributed by atoms with E-state index in [1.165, 1.54) is 4.24 Å². The summed E-state index contributed by atoms with van der Waals surface area (Å²) >= 11 is 2.01. The number of halogens is 2. The van der Waals surface area contributed by atoms with Crippen molar-refractivity contribution >= 4 is 45.0 Å². The van der Waals surface area contributed by atoms with Crippen LogP contribution in [0.4, 0.5) is 0 Å². The van der Waals surface area contributed by atoms with Gasteiger partial charge in [0.2, 0.25) is 0 Å². The quantitative estimate of drug-likeness (QED) is 0.473. The summed E-state index contributed by atoms with van der Waals surface area (Å²) in [6.45, 7) is 1.98. The molecule has 0 N–H and O–H groups in total. The number of hydrogen-bond acceptors (Lipinski definition) is 2. The first-order valence-corrected chi connectivity index (χ1v) is 3.21. The molecule has 0 saturated carbocycles. The van der Waals surface area contributed by atoms with Crippen LogP contribution >= 0.6 is 0 Å². The van der Waals surface area contributed by atoms with Gasteiger partial charge in [0.15, 0.2) is 0 Å². The van der Waals surface area contributed by atoms with Crippen LogP contribution < -0.4 is 38.4 Å². The Kier molecular flexibility index (Phi) is 14.5. The molecule has 0 spiro atoms. The van der Waals surface area contributed by atoms with Crippen LogP contribution in [-0.2, 0) is 0 Å². The van der Waals surface area contributed by atoms with E-state index in [-0.39, 0.29) is 52.4 Å². The molecular weight excluding hydrogens is 261 g/mol. The molecule has 0 aliphatic carbocycles. The maximum atomic E-state index is 4.99. The zero-order valence-electron chi connectivity index (χ0n) is 7.97. The predicted molar refractivity (Wildman–Crippen MR) is 46.7 cm³/mol. The number of hydrogen-bond donors (Lipinski definition) is 0. The van der Waals surface area contributed by atoms with Crippen molar-refractivity contribution < 1.29 is 34.1 Å². The third-order valence-corrected chi connectivity index (χ3v) is 1.36. The number of pyridine rings is 1. The predicted octanol–water partition coefficient (Wildman–Crippen LogP) is -6.18. The van der Waals surface area contributed by atoms with Crippen molar-refractivity contribution in [2.45, 2.75) is 6.92 Å². The van der Waals surface area contributed by atoms with E-state index in [2.05, 4.69) is 4.98 Å². The molecular formula is C7H8BrClLiMgNO. The second kappa shape index (κ2) is 9.63. The smallest absolute Gasteiger partial charge is 2.00 e. The van der Waals surface area contributed by atoms with Crippen LogP contribution in [0.15, 0.2) is 12.3 Å². The number of aromatic nitrogens is 1. The van der Waals surface area contributed by atoms with Gasteiger partial charge in [0.1, 0.15) is 0 Å². The fourth-order valence-corrected chi connectivity index (χ4v) is 0.916. The number of methoxy groups -OCH3 is 1. The molecule has 0 atom stereocenters. The van der Waals surface area contributed by atoms with Crippen LogP contribution in [0.2, 0.25) is 0 Å². The Morgan fingerprint density at radius 2 is 2.00 bits per heavy atom. The molecule has 0 aliphatic heterocycles. The van der Waals surface area contributed by atoms with Gasteiger partial charge in [0, 0.05) is 0 Å². The van der Waals surface area contributed by atoms with Crippen LogP contribution in [0.5, 0.6) is 5.88 Å². The van der Waals surface area contributed by atoms with Gasteiger partial charge in [-0.1, -0.05) is 0 Å². The van der Waals surface area contributed by atoms with E-state index in [0.717, 1.165) is 5.56 Å². The first kappa shape index (κ1) is 19.6. The third-order valence-electron chi connectivity index (χ3n) is 1.36. The van der Waals surface area contributed by atoms with Crippen LogP contribution in [-0.4, -0.2) is 52.9 Å². The van der Waals surface area contributed by atoms with Gasteiger partial charge in [-0.2, -0.15) is 0 Å². The van der Waals surface area contributed by atoms with E-state index >= 15 is 0 Å². The monoisotopic (exact) mass is 267 g/mol. The Bertz CT molecular complexity index is 252. The number of ether oxygens (including phenoxy) is 1. The number of aryl methyl sites for hydroxylation is 1. The maximum Gasteiger partial charge on any atom is 2.00 e. The molecule has 0 bridgehead atoms. The van der Waals surface area contributed by atoms with Crippen LogP contribution in [0.3, 0.4) is 0 Å². The van der Waals surface area contributed by atoms with Crippen molar-refractivity contribution in [3.8, 4) is 5.88 Å². The topological polar surface area (TPSA) is 22.1 Å². The summed E-state index contributed by atoms with van der Waals surface area (Å²) in [4.78, 5) is 4.07. The van der Waals surface area contributed by atoms with Crippen molar-refractivity contribution in [3.05, 3.63) is 17.8 Å². The Hall–Kier alpha value is 1.08. The summed E-state index contributed by atoms with van der Waals surface area (Å²) in [7, 11) is 1.63. The largest absolute Gasteiger partial charge is 2.00 e. The SMILES string of the molecule is [Br-].[Cl-].[Li][c]1cnc(OC)c(C)c1.[Mg+2]. The summed E-state index contributed by atoms with van der Waals surface area (Å²) < 4.78 is 6.15. The summed E-state index contributed by atoms with van der Waals surface area (Å²) in [6, 6.07) is 2.05. The fraction of sp³-hybridized carbons (Fsp3) is 0.286. The average molecular weight is 269 g/mol. The van der Waals surface area contributed by atoms with Gasteiger partial charge in [-0.25, -0.2) is 0 Å². The molecule has 0 aromatic carbocycles. The van der Waals surface area contributed by atoms with Crippen molar-refractivity contribution in [1.82, 2.24) is 4.98 Å². The Balaban J connectivity index is -0.000000333. The Morgan fingerprint density at radius 3 is 2.38 bits per heavy atom. The zero-order valence-corrected chi connectivity index (χ0v) is 11.7. The molecule has 0 radical (unpaired) electrons. The maximum absolute atomic E-state index is 4.99. The van der Waals surface area contributed by atoms with Gasteiger partial charge in [-0.15, -0.1) is 0 Å². The van der Waals surface area contributed by atoms with Gasteiger partial charge in [0.05, 0.1) is 0 Å². The zero-order chi connectivity index (χ0) is 7.56. The van der Waals surface area contributed by atoms with E-state index in [9.17, 15) is 0 Å². The van der Waals surface area contributed by atoms with E-state index < -0.39 is 0 Å².